The molecule has 0 unspecified atom stereocenters. The van der Waals surface area contributed by atoms with Crippen LogP contribution in [0.3, 0.4) is 0 Å². The van der Waals surface area contributed by atoms with E-state index in [0.717, 1.165) is 24.3 Å². The molecule has 0 spiro atoms. The molecule has 0 atom stereocenters. The summed E-state index contributed by atoms with van der Waals surface area (Å²) in [6.07, 6.45) is -8.21. The van der Waals surface area contributed by atoms with Crippen LogP contribution in [0.15, 0.2) is 84.9 Å². The summed E-state index contributed by atoms with van der Waals surface area (Å²) < 4.78 is 101. The Labute approximate surface area is 242 Å². The molecule has 4 aromatic carbocycles. The van der Waals surface area contributed by atoms with Crippen molar-refractivity contribution < 1.29 is 35.8 Å². The van der Waals surface area contributed by atoms with Crippen LogP contribution in [0.4, 0.5) is 37.7 Å². The summed E-state index contributed by atoms with van der Waals surface area (Å²) in [5.74, 6) is -0.230. The smallest absolute Gasteiger partial charge is 0.411 e. The van der Waals surface area contributed by atoms with Crippen molar-refractivity contribution in [1.29, 1.82) is 10.5 Å². The highest BCUT2D eigenvalue weighted by Crippen LogP contribution is 2.57. The molecule has 4 aromatic rings. The van der Waals surface area contributed by atoms with Crippen molar-refractivity contribution in [3.8, 4) is 35.4 Å². The van der Waals surface area contributed by atoms with Gasteiger partial charge in [0, 0.05) is 11.4 Å². The molecule has 0 aromatic heterocycles. The molecule has 0 saturated carbocycles. The van der Waals surface area contributed by atoms with Gasteiger partial charge in [0.1, 0.15) is 23.0 Å². The molecule has 0 aliphatic heterocycles. The number of ether oxygens (including phenoxy) is 2. The minimum absolute atomic E-state index is 0.100. The number of aryl methyl sites for hydroxylation is 2. The number of benzene rings is 4. The molecule has 0 aliphatic rings. The van der Waals surface area contributed by atoms with Gasteiger partial charge < -0.3 is 9.47 Å². The Morgan fingerprint density at radius 3 is 1.19 bits per heavy atom. The van der Waals surface area contributed by atoms with Gasteiger partial charge >= 0.3 is 12.4 Å². The Hall–Kier alpha value is -5.36. The van der Waals surface area contributed by atoms with Gasteiger partial charge in [0.15, 0.2) is 12.4 Å². The molecule has 6 nitrogen and oxygen atoms in total. The molecule has 0 aliphatic carbocycles. The molecule has 0 bridgehead atoms. The van der Waals surface area contributed by atoms with Gasteiger partial charge in [0.25, 0.3) is 0 Å². The number of hydrogen-bond donors (Lipinski definition) is 2. The molecule has 0 saturated heterocycles. The molecule has 0 heterocycles. The van der Waals surface area contributed by atoms with Gasteiger partial charge in [-0.05, 0) is 109 Å². The summed E-state index contributed by atoms with van der Waals surface area (Å²) in [5, 5.41) is 22.2. The second-order valence-corrected chi connectivity index (χ2v) is 9.54. The molecule has 12 heteroatoms. The first-order chi connectivity index (χ1) is 20.3. The van der Waals surface area contributed by atoms with Gasteiger partial charge in [0.2, 0.25) is 5.41 Å². The minimum Gasteiger partial charge on any atom is -0.457 e. The third kappa shape index (κ3) is 6.44. The van der Waals surface area contributed by atoms with Gasteiger partial charge in [-0.1, -0.05) is 12.1 Å². The average molecular weight is 597 g/mol. The Kier molecular flexibility index (Phi) is 8.44. The number of alkyl halides is 6. The normalized spacial score (nSPS) is 11.7. The zero-order chi connectivity index (χ0) is 31.4. The van der Waals surface area contributed by atoms with Crippen molar-refractivity contribution in [2.45, 2.75) is 31.6 Å². The third-order valence-electron chi connectivity index (χ3n) is 6.40. The van der Waals surface area contributed by atoms with Gasteiger partial charge in [-0.3, -0.25) is 10.6 Å². The fourth-order valence-electron chi connectivity index (χ4n) is 4.64. The Morgan fingerprint density at radius 2 is 0.884 bits per heavy atom. The van der Waals surface area contributed by atoms with E-state index in [-0.39, 0.29) is 34.1 Å². The van der Waals surface area contributed by atoms with Crippen LogP contribution in [-0.4, -0.2) is 12.4 Å². The quantitative estimate of drug-likeness (QED) is 0.120. The van der Waals surface area contributed by atoms with E-state index in [9.17, 15) is 26.3 Å². The maximum atomic E-state index is 15.0. The van der Waals surface area contributed by atoms with E-state index in [1.54, 1.807) is 12.4 Å². The number of nitrogens with zero attached hydrogens (tertiary/aromatic N) is 2. The Morgan fingerprint density at radius 1 is 0.535 bits per heavy atom. The van der Waals surface area contributed by atoms with E-state index in [4.69, 9.17) is 20.0 Å². The van der Waals surface area contributed by atoms with Gasteiger partial charge in [0.05, 0.1) is 0 Å². The van der Waals surface area contributed by atoms with E-state index in [1.807, 2.05) is 0 Å². The number of hydrogen-bond acceptors (Lipinski definition) is 6. The van der Waals surface area contributed by atoms with E-state index < -0.39 is 28.9 Å². The zero-order valence-corrected chi connectivity index (χ0v) is 22.6. The van der Waals surface area contributed by atoms with Crippen LogP contribution >= 0.6 is 0 Å². The predicted octanol–water partition coefficient (Wildman–Crippen LogP) is 9.08. The molecule has 43 heavy (non-hydrogen) atoms. The lowest BCUT2D eigenvalue weighted by molar-refractivity contribution is -0.288. The topological polar surface area (TPSA) is 90.1 Å². The van der Waals surface area contributed by atoms with Crippen LogP contribution in [0, 0.1) is 36.8 Å². The average Bonchev–Trinajstić information content (AvgIpc) is 2.89. The molecule has 2 N–H and O–H groups in total. The van der Waals surface area contributed by atoms with Crippen molar-refractivity contribution >= 4 is 11.4 Å². The largest absolute Gasteiger partial charge is 0.457 e. The summed E-state index contributed by atoms with van der Waals surface area (Å²) >= 11 is 0. The predicted molar refractivity (Wildman–Crippen MR) is 147 cm³/mol. The highest BCUT2D eigenvalue weighted by Gasteiger charge is 2.72. The van der Waals surface area contributed by atoms with Crippen LogP contribution in [-0.2, 0) is 5.41 Å². The van der Waals surface area contributed by atoms with Crippen LogP contribution < -0.4 is 20.1 Å². The lowest BCUT2D eigenvalue weighted by atomic mass is 9.72. The number of halogens is 6. The maximum absolute atomic E-state index is 15.0. The lowest BCUT2D eigenvalue weighted by Crippen LogP contribution is -2.54. The second-order valence-electron chi connectivity index (χ2n) is 9.54. The van der Waals surface area contributed by atoms with Crippen molar-refractivity contribution in [2.75, 3.05) is 10.6 Å². The first-order valence-electron chi connectivity index (χ1n) is 12.5. The fourth-order valence-corrected chi connectivity index (χ4v) is 4.64. The van der Waals surface area contributed by atoms with Gasteiger partial charge in [-0.15, -0.1) is 0 Å². The lowest BCUT2D eigenvalue weighted by Gasteiger charge is -2.39. The molecule has 0 amide bonds. The van der Waals surface area contributed by atoms with Crippen LogP contribution in [0.1, 0.15) is 22.3 Å². The fraction of sp³-hybridized carbons (Fsp3) is 0.161. The van der Waals surface area contributed by atoms with Crippen LogP contribution in [0.2, 0.25) is 0 Å². The van der Waals surface area contributed by atoms with E-state index >= 15 is 0 Å². The van der Waals surface area contributed by atoms with Crippen LogP contribution in [0.5, 0.6) is 23.0 Å². The summed E-state index contributed by atoms with van der Waals surface area (Å²) in [4.78, 5) is 0. The van der Waals surface area contributed by atoms with E-state index in [2.05, 4.69) is 10.6 Å². The molecule has 0 radical (unpaired) electrons. The number of anilines is 2. The van der Waals surface area contributed by atoms with Crippen molar-refractivity contribution in [3.63, 3.8) is 0 Å². The summed E-state index contributed by atoms with van der Waals surface area (Å²) in [6, 6.07) is 17.2. The number of nitriles is 2. The van der Waals surface area contributed by atoms with E-state index in [1.165, 1.54) is 74.5 Å². The summed E-state index contributed by atoms with van der Waals surface area (Å²) in [7, 11) is 0. The molecular weight excluding hydrogens is 574 g/mol. The van der Waals surface area contributed by atoms with Gasteiger partial charge in [-0.25, -0.2) is 0 Å². The number of nitrogens with one attached hydrogen (secondary N) is 2. The highest BCUT2D eigenvalue weighted by molar-refractivity contribution is 5.54. The Balaban J connectivity index is 1.84. The molecular formula is C31H22F6N4O2. The maximum Gasteiger partial charge on any atom is 0.411 e. The molecule has 220 valence electrons. The van der Waals surface area contributed by atoms with Crippen molar-refractivity contribution in [1.82, 2.24) is 0 Å². The monoisotopic (exact) mass is 596 g/mol. The SMILES string of the molecule is Cc1cc(Oc2ccc(NC#N)cc2)cc(C(c2cc(C)cc(Oc3ccc(NC#N)cc3)c2)(C(F)(F)F)C(F)(F)F)c1. The first-order valence-corrected chi connectivity index (χ1v) is 12.5. The summed E-state index contributed by atoms with van der Waals surface area (Å²) in [6.45, 7) is 2.73. The first kappa shape index (κ1) is 30.6. The van der Waals surface area contributed by atoms with Gasteiger partial charge in [-0.2, -0.15) is 36.9 Å². The van der Waals surface area contributed by atoms with Crippen molar-refractivity contribution in [3.05, 3.63) is 107 Å². The van der Waals surface area contributed by atoms with E-state index in [0.29, 0.717) is 11.4 Å². The number of rotatable bonds is 8. The van der Waals surface area contributed by atoms with Crippen molar-refractivity contribution in [2.24, 2.45) is 0 Å². The third-order valence-corrected chi connectivity index (χ3v) is 6.40. The zero-order valence-electron chi connectivity index (χ0n) is 22.6. The standard InChI is InChI=1S/C31H22F6N4O2/c1-19-11-21(15-27(13-19)42-25-7-3-23(4-8-25)40-17-38)29(30(32,33)34,31(35,36)37)22-12-20(2)14-28(16-22)43-26-9-5-24(6-10-26)41-18-39/h3-16,40-41H,1-2H3. The Bertz CT molecular complexity index is 1560. The molecule has 4 rings (SSSR count). The highest BCUT2D eigenvalue weighted by atomic mass is 19.4. The molecule has 0 fully saturated rings. The van der Waals surface area contributed by atoms with Crippen LogP contribution in [0.25, 0.3) is 0 Å². The minimum atomic E-state index is -5.84. The summed E-state index contributed by atoms with van der Waals surface area (Å²) in [5.41, 5.74) is -5.59. The second kappa shape index (κ2) is 11.9.